The quantitative estimate of drug-likeness (QED) is 0.390. The number of anilines is 2. The average Bonchev–Trinajstić information content (AvgIpc) is 2.89. The van der Waals surface area contributed by atoms with Crippen LogP contribution in [0.3, 0.4) is 0 Å². The first-order valence-electron chi connectivity index (χ1n) is 13.0. The fraction of sp³-hybridized carbons (Fsp3) is 0.538. The Hall–Kier alpha value is -3.28. The van der Waals surface area contributed by atoms with E-state index in [4.69, 9.17) is 0 Å². The molecule has 2 saturated heterocycles. The number of piperazine rings is 1. The van der Waals surface area contributed by atoms with Gasteiger partial charge in [-0.1, -0.05) is 24.3 Å². The lowest BCUT2D eigenvalue weighted by molar-refractivity contribution is -0.121. The number of benzene rings is 1. The molecule has 3 N–H and O–H groups in total. The summed E-state index contributed by atoms with van der Waals surface area (Å²) in [4.78, 5) is 41.5. The molecule has 1 aromatic carbocycles. The molecule has 11 nitrogen and oxygen atoms in total. The molecule has 0 spiro atoms. The maximum absolute atomic E-state index is 13.1. The Balaban J connectivity index is 1.20. The number of hydrogen-bond acceptors (Lipinski definition) is 9. The van der Waals surface area contributed by atoms with Gasteiger partial charge in [-0.2, -0.15) is 4.98 Å². The highest BCUT2D eigenvalue weighted by Crippen LogP contribution is 2.20. The van der Waals surface area contributed by atoms with E-state index in [9.17, 15) is 14.7 Å². The first-order chi connectivity index (χ1) is 18.0. The van der Waals surface area contributed by atoms with Crippen LogP contribution >= 0.6 is 0 Å². The summed E-state index contributed by atoms with van der Waals surface area (Å²) < 4.78 is 0. The Morgan fingerprint density at radius 2 is 1.89 bits per heavy atom. The van der Waals surface area contributed by atoms with Crippen LogP contribution in [0.1, 0.15) is 21.6 Å². The summed E-state index contributed by atoms with van der Waals surface area (Å²) in [6.07, 6.45) is 1.11. The van der Waals surface area contributed by atoms with Crippen molar-refractivity contribution in [3.63, 3.8) is 0 Å². The number of fused-ring (bicyclic) bond motifs is 1. The summed E-state index contributed by atoms with van der Waals surface area (Å²) in [6.45, 7) is 6.88. The van der Waals surface area contributed by atoms with E-state index in [0.717, 1.165) is 52.1 Å². The number of likely N-dealkylation sites (N-methyl/N-ethyl adjacent to an activating group) is 1. The number of likely N-dealkylation sites (tertiary alicyclic amines) is 1. The molecule has 1 atom stereocenters. The number of carbonyl (C=O) groups excluding carboxylic acids is 2. The lowest BCUT2D eigenvalue weighted by Crippen LogP contribution is -2.54. The molecule has 0 aliphatic carbocycles. The Morgan fingerprint density at radius 1 is 1.14 bits per heavy atom. The Kier molecular flexibility index (Phi) is 7.82. The fourth-order valence-corrected chi connectivity index (χ4v) is 5.05. The Morgan fingerprint density at radius 3 is 2.65 bits per heavy atom. The number of amides is 2. The molecule has 0 bridgehead atoms. The van der Waals surface area contributed by atoms with Gasteiger partial charge in [-0.05, 0) is 24.6 Å². The van der Waals surface area contributed by atoms with E-state index in [2.05, 4.69) is 60.5 Å². The topological polar surface area (TPSA) is 117 Å². The molecule has 1 aromatic heterocycles. The summed E-state index contributed by atoms with van der Waals surface area (Å²) >= 11 is 0. The highest BCUT2D eigenvalue weighted by atomic mass is 16.3. The zero-order valence-corrected chi connectivity index (χ0v) is 21.3. The minimum absolute atomic E-state index is 0.0906. The van der Waals surface area contributed by atoms with Crippen LogP contribution in [0.2, 0.25) is 0 Å². The van der Waals surface area contributed by atoms with Crippen molar-refractivity contribution in [2.45, 2.75) is 25.1 Å². The van der Waals surface area contributed by atoms with Crippen LogP contribution in [0.5, 0.6) is 0 Å². The fourth-order valence-electron chi connectivity index (χ4n) is 5.05. The van der Waals surface area contributed by atoms with Crippen molar-refractivity contribution in [3.8, 4) is 0 Å². The van der Waals surface area contributed by atoms with Crippen molar-refractivity contribution in [3.05, 3.63) is 47.2 Å². The SMILES string of the molecule is CN1CCN(c2nc(NC3CN(C=O)C3)cc(C(=O)NCC(O)CN3CCc4ccccc4C3)n2)CC1. The van der Waals surface area contributed by atoms with Crippen LogP contribution in [-0.2, 0) is 17.8 Å². The lowest BCUT2D eigenvalue weighted by Gasteiger charge is -2.37. The number of β-amino-alcohol motifs (C(OH)–C–C–N with tert-alkyl or cyclic N) is 1. The van der Waals surface area contributed by atoms with Gasteiger partial charge < -0.3 is 30.4 Å². The van der Waals surface area contributed by atoms with Gasteiger partial charge in [0, 0.05) is 71.5 Å². The van der Waals surface area contributed by atoms with E-state index in [1.165, 1.54) is 11.1 Å². The molecule has 5 rings (SSSR count). The molecule has 2 fully saturated rings. The average molecular weight is 509 g/mol. The molecule has 2 amide bonds. The summed E-state index contributed by atoms with van der Waals surface area (Å²) in [5.74, 6) is 0.742. The summed E-state index contributed by atoms with van der Waals surface area (Å²) in [5.41, 5.74) is 2.92. The highest BCUT2D eigenvalue weighted by Gasteiger charge is 2.27. The number of carbonyl (C=O) groups is 2. The zero-order valence-electron chi connectivity index (χ0n) is 21.3. The van der Waals surface area contributed by atoms with E-state index in [0.29, 0.717) is 31.4 Å². The van der Waals surface area contributed by atoms with Crippen molar-refractivity contribution in [2.75, 3.05) is 76.2 Å². The third-order valence-corrected chi connectivity index (χ3v) is 7.32. The third-order valence-electron chi connectivity index (χ3n) is 7.32. The summed E-state index contributed by atoms with van der Waals surface area (Å²) in [7, 11) is 2.08. The molecule has 11 heteroatoms. The van der Waals surface area contributed by atoms with Gasteiger partial charge in [-0.3, -0.25) is 14.5 Å². The smallest absolute Gasteiger partial charge is 0.270 e. The number of aliphatic hydroxyl groups is 1. The monoisotopic (exact) mass is 508 g/mol. The number of nitrogens with zero attached hydrogens (tertiary/aromatic N) is 6. The van der Waals surface area contributed by atoms with Crippen molar-refractivity contribution in [2.24, 2.45) is 0 Å². The van der Waals surface area contributed by atoms with Crippen LogP contribution in [0.4, 0.5) is 11.8 Å². The molecule has 4 heterocycles. The molecule has 2 aromatic rings. The number of rotatable bonds is 9. The molecular formula is C26H36N8O3. The van der Waals surface area contributed by atoms with E-state index < -0.39 is 6.10 Å². The second-order valence-corrected chi connectivity index (χ2v) is 10.2. The number of nitrogens with one attached hydrogen (secondary N) is 2. The lowest BCUT2D eigenvalue weighted by atomic mass is 10.00. The van der Waals surface area contributed by atoms with Crippen LogP contribution in [-0.4, -0.2) is 120 Å². The molecule has 0 saturated carbocycles. The van der Waals surface area contributed by atoms with E-state index in [1.54, 1.807) is 11.0 Å². The van der Waals surface area contributed by atoms with Gasteiger partial charge in [0.1, 0.15) is 11.5 Å². The Bertz CT molecular complexity index is 1100. The molecule has 3 aliphatic heterocycles. The number of hydrogen-bond donors (Lipinski definition) is 3. The van der Waals surface area contributed by atoms with Gasteiger partial charge in [0.25, 0.3) is 5.91 Å². The maximum Gasteiger partial charge on any atom is 0.270 e. The van der Waals surface area contributed by atoms with E-state index in [1.807, 2.05) is 6.07 Å². The third kappa shape index (κ3) is 6.35. The highest BCUT2D eigenvalue weighted by molar-refractivity contribution is 5.93. The van der Waals surface area contributed by atoms with Crippen molar-refractivity contribution >= 4 is 24.1 Å². The molecule has 37 heavy (non-hydrogen) atoms. The summed E-state index contributed by atoms with van der Waals surface area (Å²) in [5, 5.41) is 16.8. The minimum atomic E-state index is -0.685. The maximum atomic E-state index is 13.1. The van der Waals surface area contributed by atoms with Crippen molar-refractivity contribution in [1.82, 2.24) is 30.0 Å². The van der Waals surface area contributed by atoms with Crippen LogP contribution in [0.25, 0.3) is 0 Å². The predicted molar refractivity (Wildman–Crippen MR) is 141 cm³/mol. The normalized spacial score (nSPS) is 19.6. The van der Waals surface area contributed by atoms with Crippen molar-refractivity contribution in [1.29, 1.82) is 0 Å². The number of aliphatic hydroxyl groups excluding tert-OH is 1. The predicted octanol–water partition coefficient (Wildman–Crippen LogP) is -0.370. The van der Waals surface area contributed by atoms with E-state index >= 15 is 0 Å². The molecular weight excluding hydrogens is 472 g/mol. The van der Waals surface area contributed by atoms with Crippen LogP contribution in [0.15, 0.2) is 30.3 Å². The Labute approximate surface area is 217 Å². The first-order valence-corrected chi connectivity index (χ1v) is 13.0. The molecule has 3 aliphatic rings. The van der Waals surface area contributed by atoms with Crippen LogP contribution in [0, 0.1) is 0 Å². The van der Waals surface area contributed by atoms with Gasteiger partial charge in [-0.15, -0.1) is 0 Å². The van der Waals surface area contributed by atoms with Gasteiger partial charge in [0.2, 0.25) is 12.4 Å². The molecule has 198 valence electrons. The van der Waals surface area contributed by atoms with Gasteiger partial charge >= 0.3 is 0 Å². The summed E-state index contributed by atoms with van der Waals surface area (Å²) in [6, 6.07) is 10.1. The largest absolute Gasteiger partial charge is 0.390 e. The van der Waals surface area contributed by atoms with Crippen LogP contribution < -0.4 is 15.5 Å². The first kappa shape index (κ1) is 25.4. The molecule has 0 radical (unpaired) electrons. The standard InChI is InChI=1S/C26H36N8O3/c1-31-8-10-34(11-9-31)26-29-23(12-24(30-26)28-21-15-33(16-21)18-35)25(37)27-13-22(36)17-32-7-6-19-4-2-3-5-20(19)14-32/h2-5,12,18,21-22,36H,6-11,13-17H2,1H3,(H,27,37)(H,28,29,30). The number of aromatic nitrogens is 2. The van der Waals surface area contributed by atoms with Gasteiger partial charge in [0.15, 0.2) is 0 Å². The van der Waals surface area contributed by atoms with Gasteiger partial charge in [0.05, 0.1) is 12.1 Å². The minimum Gasteiger partial charge on any atom is -0.390 e. The second kappa shape index (κ2) is 11.4. The van der Waals surface area contributed by atoms with Crippen molar-refractivity contribution < 1.29 is 14.7 Å². The zero-order chi connectivity index (χ0) is 25.8. The van der Waals surface area contributed by atoms with E-state index in [-0.39, 0.29) is 24.2 Å². The molecule has 1 unspecified atom stereocenters. The second-order valence-electron chi connectivity index (χ2n) is 10.2. The van der Waals surface area contributed by atoms with Gasteiger partial charge in [-0.25, -0.2) is 4.98 Å².